The normalized spacial score (nSPS) is 12.5. The van der Waals surface area contributed by atoms with Crippen LogP contribution in [0.3, 0.4) is 0 Å². The van der Waals surface area contributed by atoms with Gasteiger partial charge < -0.3 is 27.2 Å². The number of hydrogen-bond acceptors (Lipinski definition) is 2. The second-order valence-corrected chi connectivity index (χ2v) is 22.1. The van der Waals surface area contributed by atoms with E-state index in [1.807, 2.05) is 54.6 Å². The molecule has 0 spiro atoms. The molecule has 10 heteroatoms. The molecule has 0 saturated carbocycles. The van der Waals surface area contributed by atoms with Crippen molar-refractivity contribution in [1.82, 2.24) is 19.9 Å². The van der Waals surface area contributed by atoms with Gasteiger partial charge in [0.2, 0.25) is 0 Å². The van der Waals surface area contributed by atoms with E-state index in [2.05, 4.69) is 175 Å². The van der Waals surface area contributed by atoms with Crippen molar-refractivity contribution >= 4 is 51.6 Å². The zero-order chi connectivity index (χ0) is 55.7. The van der Waals surface area contributed by atoms with Crippen molar-refractivity contribution in [2.75, 3.05) is 0 Å². The van der Waals surface area contributed by atoms with Gasteiger partial charge in [0.25, 0.3) is 0 Å². The molecule has 0 N–H and O–H groups in total. The molecule has 5 heterocycles. The molecule has 0 saturated heterocycles. The quantitative estimate of drug-likeness (QED) is 0.0946. The number of halogens is 4. The van der Waals surface area contributed by atoms with Crippen LogP contribution in [0.4, 0.5) is 17.3 Å². The third-order valence-electron chi connectivity index (χ3n) is 14.8. The maximum atomic E-state index is 9.75. The van der Waals surface area contributed by atoms with Gasteiger partial charge in [-0.1, -0.05) is 176 Å². The third kappa shape index (κ3) is 12.7. The average Bonchev–Trinajstić information content (AvgIpc) is 4.09. The molecule has 2 aliphatic rings. The van der Waals surface area contributed by atoms with E-state index >= 15 is 0 Å². The fraction of sp³-hybridized carbons (Fsp3) is 0.294. The minimum Gasteiger partial charge on any atom is -0.657 e. The molecule has 7 aromatic rings. The van der Waals surface area contributed by atoms with Crippen LogP contribution in [0.15, 0.2) is 109 Å². The first-order valence-electron chi connectivity index (χ1n) is 26.8. The molecule has 402 valence electrons. The minimum atomic E-state index is -6.00. The largest absolute Gasteiger partial charge is 3.00 e. The van der Waals surface area contributed by atoms with Crippen LogP contribution < -0.4 is 9.97 Å². The topological polar surface area (TPSA) is 54.0 Å². The van der Waals surface area contributed by atoms with Gasteiger partial charge in [0.05, 0.1) is 22.8 Å². The summed E-state index contributed by atoms with van der Waals surface area (Å²) < 4.78 is 39.0. The number of fused-ring (bicyclic) bond motifs is 8. The zero-order valence-corrected chi connectivity index (χ0v) is 49.6. The molecule has 2 aliphatic heterocycles. The minimum absolute atomic E-state index is 0. The summed E-state index contributed by atoms with van der Waals surface area (Å²) in [5.41, 5.74) is 28.1. The molecular weight excluding hydrogens is 1160 g/mol. The smallest absolute Gasteiger partial charge is 0.657 e. The molecule has 0 fully saturated rings. The Labute approximate surface area is 475 Å². The Kier molecular flexibility index (Phi) is 17.8. The van der Waals surface area contributed by atoms with Crippen molar-refractivity contribution in [2.24, 2.45) is 0 Å². The number of benzene rings is 4. The van der Waals surface area contributed by atoms with Gasteiger partial charge in [-0.05, 0) is 168 Å². The van der Waals surface area contributed by atoms with E-state index in [-0.39, 0.29) is 33.2 Å². The maximum Gasteiger partial charge on any atom is 3.00 e. The third-order valence-corrected chi connectivity index (χ3v) is 14.8. The summed E-state index contributed by atoms with van der Waals surface area (Å²) in [6.07, 6.45) is 3.35. The van der Waals surface area contributed by atoms with Crippen LogP contribution >= 0.6 is 0 Å². The molecule has 0 radical (unpaired) electrons. The number of aromatic nitrogens is 4. The van der Waals surface area contributed by atoms with Crippen LogP contribution in [-0.4, -0.2) is 17.2 Å². The summed E-state index contributed by atoms with van der Waals surface area (Å²) >= 11 is 0. The predicted octanol–water partition coefficient (Wildman–Crippen LogP) is 18.0. The molecule has 78 heavy (non-hydrogen) atoms. The van der Waals surface area contributed by atoms with Gasteiger partial charge in [0, 0.05) is 22.3 Å². The fourth-order valence-corrected chi connectivity index (χ4v) is 10.5. The summed E-state index contributed by atoms with van der Waals surface area (Å²) in [6.45, 7) is 31.8. The van der Waals surface area contributed by atoms with Crippen molar-refractivity contribution in [3.05, 3.63) is 188 Å². The van der Waals surface area contributed by atoms with E-state index in [0.29, 0.717) is 0 Å². The van der Waals surface area contributed by atoms with Gasteiger partial charge in [-0.25, -0.2) is 9.97 Å². The first-order valence-corrected chi connectivity index (χ1v) is 26.8. The van der Waals surface area contributed by atoms with Crippen LogP contribution in [0.2, 0.25) is 0 Å². The Morgan fingerprint density at radius 3 is 1.15 bits per heavy atom. The molecule has 0 aliphatic carbocycles. The van der Waals surface area contributed by atoms with E-state index < -0.39 is 7.25 Å². The summed E-state index contributed by atoms with van der Waals surface area (Å²) in [5.74, 6) is 13.3. The van der Waals surface area contributed by atoms with Crippen LogP contribution in [0.25, 0.3) is 66.6 Å². The molecule has 0 unspecified atom stereocenters. The van der Waals surface area contributed by atoms with E-state index in [0.717, 1.165) is 115 Å². The van der Waals surface area contributed by atoms with Crippen LogP contribution in [0.5, 0.6) is 0 Å². The number of aryl methyl sites for hydroxylation is 4. The summed E-state index contributed by atoms with van der Waals surface area (Å²) in [7, 11) is -6.00. The molecule has 0 atom stereocenters. The Bertz CT molecular complexity index is 3740. The summed E-state index contributed by atoms with van der Waals surface area (Å²) in [4.78, 5) is 22.7. The Morgan fingerprint density at radius 2 is 0.808 bits per heavy atom. The van der Waals surface area contributed by atoms with Crippen molar-refractivity contribution in [3.63, 3.8) is 0 Å². The molecule has 8 bridgehead atoms. The second kappa shape index (κ2) is 23.6. The van der Waals surface area contributed by atoms with Crippen molar-refractivity contribution < 1.29 is 39.6 Å². The van der Waals surface area contributed by atoms with Crippen molar-refractivity contribution in [1.29, 1.82) is 0 Å². The average molecular weight is 1230 g/mol. The van der Waals surface area contributed by atoms with Gasteiger partial charge in [-0.3, -0.25) is 0 Å². The fourth-order valence-electron chi connectivity index (χ4n) is 10.5. The van der Waals surface area contributed by atoms with Gasteiger partial charge in [-0.2, -0.15) is 0 Å². The maximum absolute atomic E-state index is 9.75. The van der Waals surface area contributed by atoms with E-state index in [1.165, 1.54) is 55.7 Å². The van der Waals surface area contributed by atoms with Gasteiger partial charge in [0.1, 0.15) is 0 Å². The standard InChI is InChI=1S/C68H68N4.Au.BF4/c1-15-53-41(5)63-61(49-34-32-48(33-35-49)31-30-47-28-26-46(27-29-47)25-24-45-22-20-19-21-23-45)64-42(6)54(16-2)58(70-64)40-60-56(18-4)44(8)66(72-60)62(65-43(7)55(17-3)59(71-65)39-57(53)69-63)50-36-51(67(9,10)11)38-52(37-50)68(12,13)14;;2-1(3,4)5/h19-23,26-29,32-40H,15-18H2,1-14H3;;/q-2;+3;-1. The van der Waals surface area contributed by atoms with Crippen LogP contribution in [0, 0.1) is 37.5 Å². The first kappa shape index (κ1) is 58.8. The molecular formula is C68H68AuBF4N4. The molecule has 3 aromatic heterocycles. The molecule has 4 aromatic carbocycles. The van der Waals surface area contributed by atoms with Crippen molar-refractivity contribution in [2.45, 2.75) is 133 Å². The Morgan fingerprint density at radius 1 is 0.462 bits per heavy atom. The predicted molar refractivity (Wildman–Crippen MR) is 316 cm³/mol. The first-order chi connectivity index (χ1) is 36.4. The van der Waals surface area contributed by atoms with E-state index in [4.69, 9.17) is 19.9 Å². The number of nitrogens with zero attached hydrogens (tertiary/aromatic N) is 4. The van der Waals surface area contributed by atoms with Crippen LogP contribution in [-0.2, 0) is 46.1 Å². The second-order valence-electron chi connectivity index (χ2n) is 22.1. The molecule has 0 amide bonds. The number of rotatable bonds is 6. The van der Waals surface area contributed by atoms with Crippen molar-refractivity contribution in [3.8, 4) is 45.9 Å². The monoisotopic (exact) mass is 1220 g/mol. The molecule has 4 nitrogen and oxygen atoms in total. The van der Waals surface area contributed by atoms with Gasteiger partial charge >= 0.3 is 29.6 Å². The zero-order valence-electron chi connectivity index (χ0n) is 47.4. The van der Waals surface area contributed by atoms with E-state index in [1.54, 1.807) is 0 Å². The Balaban J connectivity index is 0.00000141. The van der Waals surface area contributed by atoms with Crippen LogP contribution in [0.1, 0.15) is 174 Å². The number of hydrogen-bond donors (Lipinski definition) is 0. The summed E-state index contributed by atoms with van der Waals surface area (Å²) in [5, 5.41) is 0. The summed E-state index contributed by atoms with van der Waals surface area (Å²) in [6, 6.07) is 38.6. The Hall–Kier alpha value is -6.87. The van der Waals surface area contributed by atoms with E-state index in [9.17, 15) is 17.3 Å². The van der Waals surface area contributed by atoms with Gasteiger partial charge in [0.15, 0.2) is 0 Å². The SMILES string of the molecule is CCC1=C(C)c2nc1cc1[n-]c(c(C)c1CC)c(-c1ccc(C#Cc3ccc(C#Cc4ccccc4)cc3)cc1)c1nc(cc3[n-]c(c(C)c3CC)c2-c2cc(C(C)(C)C)cc(C(C)(C)C)c2)C(CC)=C1C.F[B-](F)(F)F.[Au+3]. The number of allylic oxidation sites excluding steroid dienone is 4. The molecule has 9 rings (SSSR count). The van der Waals surface area contributed by atoms with Gasteiger partial charge in [-0.15, -0.1) is 22.1 Å².